The SMILES string of the molecule is CN1C2COCC1CC(N1c3ccc(Cl)cc3OC1c1ccccc1)C2. The number of hydrogen-bond acceptors (Lipinski definition) is 4. The van der Waals surface area contributed by atoms with Crippen LogP contribution >= 0.6 is 11.6 Å². The molecule has 2 bridgehead atoms. The number of benzene rings is 2. The van der Waals surface area contributed by atoms with Gasteiger partial charge in [0.05, 0.1) is 18.9 Å². The summed E-state index contributed by atoms with van der Waals surface area (Å²) in [5, 5.41) is 0.714. The van der Waals surface area contributed by atoms with E-state index in [0.29, 0.717) is 23.1 Å². The molecule has 0 spiro atoms. The molecule has 2 aromatic carbocycles. The fourth-order valence-electron chi connectivity index (χ4n) is 4.63. The fraction of sp³-hybridized carbons (Fsp3) is 0.429. The van der Waals surface area contributed by atoms with E-state index in [1.54, 1.807) is 0 Å². The molecule has 2 saturated heterocycles. The van der Waals surface area contributed by atoms with Crippen LogP contribution in [0.5, 0.6) is 5.75 Å². The van der Waals surface area contributed by atoms with Gasteiger partial charge in [0, 0.05) is 34.8 Å². The molecule has 2 aromatic rings. The number of rotatable bonds is 2. The van der Waals surface area contributed by atoms with E-state index in [1.165, 1.54) is 5.56 Å². The van der Waals surface area contributed by atoms with Crippen LogP contribution < -0.4 is 9.64 Å². The van der Waals surface area contributed by atoms with Crippen LogP contribution in [0.2, 0.25) is 5.02 Å². The minimum absolute atomic E-state index is 0.0975. The Morgan fingerprint density at radius 3 is 2.42 bits per heavy atom. The summed E-state index contributed by atoms with van der Waals surface area (Å²) in [5.74, 6) is 0.881. The highest BCUT2D eigenvalue weighted by Gasteiger charge is 2.44. The van der Waals surface area contributed by atoms with Gasteiger partial charge in [-0.25, -0.2) is 0 Å². The van der Waals surface area contributed by atoms with Crippen molar-refractivity contribution in [2.45, 2.75) is 37.2 Å². The molecule has 0 N–H and O–H groups in total. The average Bonchev–Trinajstić information content (AvgIpc) is 3.01. The Morgan fingerprint density at radius 1 is 0.962 bits per heavy atom. The Hall–Kier alpha value is -1.75. The second-order valence-electron chi connectivity index (χ2n) is 7.54. The molecule has 0 radical (unpaired) electrons. The van der Waals surface area contributed by atoms with Gasteiger partial charge in [-0.15, -0.1) is 0 Å². The van der Waals surface area contributed by atoms with E-state index in [1.807, 2.05) is 18.2 Å². The Bertz CT molecular complexity index is 786. The van der Waals surface area contributed by atoms with Gasteiger partial charge in [-0.3, -0.25) is 4.90 Å². The Labute approximate surface area is 159 Å². The fourth-order valence-corrected chi connectivity index (χ4v) is 4.79. The summed E-state index contributed by atoms with van der Waals surface area (Å²) >= 11 is 6.23. The van der Waals surface area contributed by atoms with Crippen LogP contribution in [0, 0.1) is 0 Å². The molecule has 4 nitrogen and oxygen atoms in total. The van der Waals surface area contributed by atoms with Crippen LogP contribution in [0.3, 0.4) is 0 Å². The number of ether oxygens (including phenoxy) is 2. The van der Waals surface area contributed by atoms with Crippen molar-refractivity contribution in [3.8, 4) is 5.75 Å². The van der Waals surface area contributed by atoms with Crippen molar-refractivity contribution in [3.05, 3.63) is 59.1 Å². The zero-order chi connectivity index (χ0) is 17.7. The van der Waals surface area contributed by atoms with Crippen molar-refractivity contribution in [3.63, 3.8) is 0 Å². The number of nitrogens with zero attached hydrogens (tertiary/aromatic N) is 2. The lowest BCUT2D eigenvalue weighted by atomic mass is 9.89. The van der Waals surface area contributed by atoms with E-state index in [0.717, 1.165) is 37.5 Å². The molecule has 3 aliphatic heterocycles. The largest absolute Gasteiger partial charge is 0.464 e. The first-order valence-corrected chi connectivity index (χ1v) is 9.67. The first-order chi connectivity index (χ1) is 12.7. The van der Waals surface area contributed by atoms with Crippen molar-refractivity contribution in [2.24, 2.45) is 0 Å². The van der Waals surface area contributed by atoms with Crippen LogP contribution in [0.4, 0.5) is 5.69 Å². The molecule has 0 aliphatic carbocycles. The van der Waals surface area contributed by atoms with Crippen LogP contribution in [-0.4, -0.2) is 43.3 Å². The Kier molecular flexibility index (Phi) is 4.07. The summed E-state index contributed by atoms with van der Waals surface area (Å²) < 4.78 is 12.2. The molecule has 3 heterocycles. The van der Waals surface area contributed by atoms with Crippen LogP contribution in [0.25, 0.3) is 0 Å². The smallest absolute Gasteiger partial charge is 0.199 e. The summed E-state index contributed by atoms with van der Waals surface area (Å²) in [7, 11) is 2.23. The number of likely N-dealkylation sites (N-methyl/N-ethyl adjacent to an activating group) is 1. The third-order valence-corrected chi connectivity index (χ3v) is 6.27. The van der Waals surface area contributed by atoms with E-state index >= 15 is 0 Å². The monoisotopic (exact) mass is 370 g/mol. The summed E-state index contributed by atoms with van der Waals surface area (Å²) in [6.45, 7) is 1.64. The molecule has 0 amide bonds. The average molecular weight is 371 g/mol. The lowest BCUT2D eigenvalue weighted by molar-refractivity contribution is -0.0668. The van der Waals surface area contributed by atoms with Crippen molar-refractivity contribution in [1.29, 1.82) is 0 Å². The zero-order valence-electron chi connectivity index (χ0n) is 14.8. The predicted molar refractivity (Wildman–Crippen MR) is 103 cm³/mol. The minimum atomic E-state index is -0.0975. The molecule has 136 valence electrons. The van der Waals surface area contributed by atoms with Crippen molar-refractivity contribution < 1.29 is 9.47 Å². The maximum Gasteiger partial charge on any atom is 0.199 e. The molecule has 0 aromatic heterocycles. The van der Waals surface area contributed by atoms with Gasteiger partial charge in [0.1, 0.15) is 5.75 Å². The number of piperidine rings is 1. The maximum absolute atomic E-state index is 6.39. The van der Waals surface area contributed by atoms with E-state index in [2.05, 4.69) is 47.2 Å². The molecule has 5 heteroatoms. The van der Waals surface area contributed by atoms with Crippen LogP contribution in [0.15, 0.2) is 48.5 Å². The highest BCUT2D eigenvalue weighted by Crippen LogP contribution is 2.48. The predicted octanol–water partition coefficient (Wildman–Crippen LogP) is 4.10. The van der Waals surface area contributed by atoms with E-state index < -0.39 is 0 Å². The van der Waals surface area contributed by atoms with Gasteiger partial charge >= 0.3 is 0 Å². The molecule has 3 unspecified atom stereocenters. The number of anilines is 1. The topological polar surface area (TPSA) is 24.9 Å². The molecule has 3 atom stereocenters. The first-order valence-electron chi connectivity index (χ1n) is 9.30. The molecule has 3 aliphatic rings. The van der Waals surface area contributed by atoms with Crippen molar-refractivity contribution in [1.82, 2.24) is 4.90 Å². The van der Waals surface area contributed by atoms with E-state index in [4.69, 9.17) is 21.1 Å². The van der Waals surface area contributed by atoms with Gasteiger partial charge in [-0.05, 0) is 32.0 Å². The van der Waals surface area contributed by atoms with Gasteiger partial charge in [-0.2, -0.15) is 0 Å². The molecule has 2 fully saturated rings. The third kappa shape index (κ3) is 2.68. The summed E-state index contributed by atoms with van der Waals surface area (Å²) in [4.78, 5) is 4.97. The van der Waals surface area contributed by atoms with Gasteiger partial charge < -0.3 is 14.4 Å². The van der Waals surface area contributed by atoms with Gasteiger partial charge in [0.2, 0.25) is 0 Å². The number of halogens is 1. The van der Waals surface area contributed by atoms with Gasteiger partial charge in [-0.1, -0.05) is 41.9 Å². The second kappa shape index (κ2) is 6.45. The summed E-state index contributed by atoms with van der Waals surface area (Å²) in [6.07, 6.45) is 2.07. The molecular formula is C21H23ClN2O2. The lowest BCUT2D eigenvalue weighted by Crippen LogP contribution is -2.59. The Morgan fingerprint density at radius 2 is 1.69 bits per heavy atom. The summed E-state index contributed by atoms with van der Waals surface area (Å²) in [5.41, 5.74) is 2.33. The molecule has 5 rings (SSSR count). The first kappa shape index (κ1) is 16.4. The standard InChI is InChI=1S/C21H23ClN2O2/c1-23-17-10-16(11-18(23)13-25-12-17)24-19-8-7-15(22)9-20(19)26-21(24)14-5-3-2-4-6-14/h2-9,16-18,21H,10-13H2,1H3. The Balaban J connectivity index is 1.53. The minimum Gasteiger partial charge on any atom is -0.464 e. The highest BCUT2D eigenvalue weighted by molar-refractivity contribution is 6.30. The molecule has 0 saturated carbocycles. The number of fused-ring (bicyclic) bond motifs is 3. The van der Waals surface area contributed by atoms with E-state index in [-0.39, 0.29) is 6.23 Å². The number of hydrogen-bond donors (Lipinski definition) is 0. The zero-order valence-corrected chi connectivity index (χ0v) is 15.6. The lowest BCUT2D eigenvalue weighted by Gasteiger charge is -2.49. The molecular weight excluding hydrogens is 348 g/mol. The van der Waals surface area contributed by atoms with Crippen LogP contribution in [-0.2, 0) is 4.74 Å². The number of morpholine rings is 1. The van der Waals surface area contributed by atoms with Crippen molar-refractivity contribution >= 4 is 17.3 Å². The van der Waals surface area contributed by atoms with Crippen molar-refractivity contribution in [2.75, 3.05) is 25.2 Å². The van der Waals surface area contributed by atoms with Gasteiger partial charge in [0.25, 0.3) is 0 Å². The normalized spacial score (nSPS) is 30.8. The second-order valence-corrected chi connectivity index (χ2v) is 7.97. The highest BCUT2D eigenvalue weighted by atomic mass is 35.5. The molecule has 26 heavy (non-hydrogen) atoms. The van der Waals surface area contributed by atoms with E-state index in [9.17, 15) is 0 Å². The third-order valence-electron chi connectivity index (χ3n) is 6.03. The maximum atomic E-state index is 6.39. The quantitative estimate of drug-likeness (QED) is 0.794. The van der Waals surface area contributed by atoms with Gasteiger partial charge in [0.15, 0.2) is 6.23 Å². The summed E-state index contributed by atoms with van der Waals surface area (Å²) in [6, 6.07) is 17.9. The van der Waals surface area contributed by atoms with Crippen LogP contribution in [0.1, 0.15) is 24.6 Å².